The van der Waals surface area contributed by atoms with Gasteiger partial charge in [0.2, 0.25) is 11.8 Å². The molecule has 5 aromatic carbocycles. The molecule has 49 heavy (non-hydrogen) atoms. The van der Waals surface area contributed by atoms with Crippen molar-refractivity contribution in [3.63, 3.8) is 0 Å². The Morgan fingerprint density at radius 2 is 0.653 bits per heavy atom. The summed E-state index contributed by atoms with van der Waals surface area (Å²) in [5.41, 5.74) is 4.60. The second-order valence-corrected chi connectivity index (χ2v) is 19.7. The molecule has 0 bridgehead atoms. The minimum atomic E-state index is -4.06. The normalized spacial score (nSPS) is 16.8. The van der Waals surface area contributed by atoms with E-state index in [4.69, 9.17) is 0 Å². The van der Waals surface area contributed by atoms with Gasteiger partial charge in [-0.3, -0.25) is 9.59 Å². The smallest absolute Gasteiger partial charge is 0.246 e. The molecule has 0 radical (unpaired) electrons. The Hall–Kier alpha value is -4.30. The zero-order valence-electron chi connectivity index (χ0n) is 29.4. The summed E-state index contributed by atoms with van der Waals surface area (Å²) in [6.45, 7) is 15.5. The SMILES string of the molecule is Cc1cc(C)cc(P(=O)(c2cc(C)cc(C)c2)C2C(=O)N(c3ccccc3)C(=O)C2P(=O)(c2cc(C)cc(C)c2)c2cc(C)cc(C)c2)c1. The maximum absolute atomic E-state index is 16.6. The van der Waals surface area contributed by atoms with E-state index in [0.29, 0.717) is 26.9 Å². The van der Waals surface area contributed by atoms with Crippen LogP contribution in [0.1, 0.15) is 44.5 Å². The van der Waals surface area contributed by atoms with Crippen LogP contribution in [0, 0.1) is 55.4 Å². The van der Waals surface area contributed by atoms with Crippen molar-refractivity contribution in [2.24, 2.45) is 0 Å². The first-order valence-electron chi connectivity index (χ1n) is 16.6. The summed E-state index contributed by atoms with van der Waals surface area (Å²) in [6, 6.07) is 31.7. The molecule has 0 aromatic heterocycles. The number of anilines is 1. The molecule has 7 heteroatoms. The number of para-hydroxylation sites is 1. The first-order chi connectivity index (χ1) is 23.1. The van der Waals surface area contributed by atoms with Crippen molar-refractivity contribution in [2.75, 3.05) is 4.90 Å². The molecule has 1 heterocycles. The van der Waals surface area contributed by atoms with Gasteiger partial charge >= 0.3 is 0 Å². The molecule has 5 nitrogen and oxygen atoms in total. The Morgan fingerprint density at radius 3 is 0.898 bits per heavy atom. The van der Waals surface area contributed by atoms with E-state index < -0.39 is 37.4 Å². The first-order valence-corrected chi connectivity index (χ1v) is 20.2. The second-order valence-electron chi connectivity index (χ2n) is 13.9. The zero-order chi connectivity index (χ0) is 35.4. The van der Waals surface area contributed by atoms with Crippen molar-refractivity contribution in [1.29, 1.82) is 0 Å². The zero-order valence-corrected chi connectivity index (χ0v) is 31.2. The number of hydrogen-bond acceptors (Lipinski definition) is 4. The molecule has 1 saturated heterocycles. The van der Waals surface area contributed by atoms with E-state index in [2.05, 4.69) is 0 Å². The Balaban J connectivity index is 1.78. The molecule has 2 amide bonds. The molecule has 1 aliphatic rings. The monoisotopic (exact) mass is 687 g/mol. The number of carbonyl (C=O) groups is 2. The molecule has 0 aliphatic carbocycles. The van der Waals surface area contributed by atoms with Gasteiger partial charge in [-0.2, -0.15) is 0 Å². The molecule has 0 spiro atoms. The van der Waals surface area contributed by atoms with Crippen molar-refractivity contribution < 1.29 is 18.7 Å². The molecule has 1 aliphatic heterocycles. The third-order valence-corrected chi connectivity index (χ3v) is 16.3. The number of amides is 2. The van der Waals surface area contributed by atoms with Crippen LogP contribution < -0.4 is 26.1 Å². The summed E-state index contributed by atoms with van der Waals surface area (Å²) >= 11 is 0. The van der Waals surface area contributed by atoms with Gasteiger partial charge in [-0.25, -0.2) is 4.90 Å². The molecular formula is C42H43NO4P2. The van der Waals surface area contributed by atoms with Gasteiger partial charge in [-0.05, 0) is 116 Å². The topological polar surface area (TPSA) is 71.5 Å². The first kappa shape index (κ1) is 34.6. The lowest BCUT2D eigenvalue weighted by molar-refractivity contribution is -0.121. The van der Waals surface area contributed by atoms with Crippen LogP contribution in [0.15, 0.2) is 103 Å². The Morgan fingerprint density at radius 1 is 0.408 bits per heavy atom. The van der Waals surface area contributed by atoms with Crippen LogP contribution in [0.4, 0.5) is 5.69 Å². The highest BCUT2D eigenvalue weighted by molar-refractivity contribution is 7.84. The Labute approximate surface area is 290 Å². The number of carbonyl (C=O) groups excluding carboxylic acids is 2. The van der Waals surface area contributed by atoms with E-state index in [1.54, 1.807) is 24.3 Å². The minimum Gasteiger partial charge on any atom is -0.313 e. The number of hydrogen-bond donors (Lipinski definition) is 0. The molecule has 2 unspecified atom stereocenters. The van der Waals surface area contributed by atoms with E-state index in [1.165, 1.54) is 0 Å². The summed E-state index contributed by atoms with van der Waals surface area (Å²) in [5.74, 6) is -1.20. The maximum Gasteiger partial charge on any atom is 0.246 e. The van der Waals surface area contributed by atoms with Crippen molar-refractivity contribution in [1.82, 2.24) is 0 Å². The van der Waals surface area contributed by atoms with Crippen LogP contribution in [0.2, 0.25) is 0 Å². The summed E-state index contributed by atoms with van der Waals surface area (Å²) in [5, 5.41) is 1.92. The Kier molecular flexibility index (Phi) is 9.07. The Bertz CT molecular complexity index is 1910. The van der Waals surface area contributed by atoms with Crippen molar-refractivity contribution in [3.8, 4) is 0 Å². The van der Waals surface area contributed by atoms with Gasteiger partial charge in [0, 0.05) is 21.2 Å². The van der Waals surface area contributed by atoms with Crippen LogP contribution in [0.5, 0.6) is 0 Å². The van der Waals surface area contributed by atoms with Gasteiger partial charge in [-0.15, -0.1) is 0 Å². The fourth-order valence-electron chi connectivity index (χ4n) is 7.69. The van der Waals surface area contributed by atoms with Crippen molar-refractivity contribution in [2.45, 2.75) is 66.7 Å². The lowest BCUT2D eigenvalue weighted by atomic mass is 10.2. The number of imide groups is 1. The van der Waals surface area contributed by atoms with E-state index >= 15 is 18.7 Å². The molecule has 250 valence electrons. The number of benzene rings is 5. The fourth-order valence-corrected chi connectivity index (χ4v) is 15.8. The summed E-state index contributed by atoms with van der Waals surface area (Å²) < 4.78 is 33.3. The minimum absolute atomic E-state index is 0.366. The second kappa shape index (κ2) is 12.9. The highest BCUT2D eigenvalue weighted by atomic mass is 31.2. The lowest BCUT2D eigenvalue weighted by Crippen LogP contribution is -2.41. The van der Waals surface area contributed by atoms with Gasteiger partial charge in [0.15, 0.2) is 14.3 Å². The van der Waals surface area contributed by atoms with Crippen molar-refractivity contribution >= 4 is 53.0 Å². The quantitative estimate of drug-likeness (QED) is 0.129. The number of rotatable bonds is 7. The van der Waals surface area contributed by atoms with Gasteiger partial charge in [0.25, 0.3) is 0 Å². The third-order valence-electron chi connectivity index (χ3n) is 9.40. The predicted octanol–water partition coefficient (Wildman–Crippen LogP) is 7.79. The molecule has 6 rings (SSSR count). The highest BCUT2D eigenvalue weighted by Crippen LogP contribution is 2.64. The molecule has 0 saturated carbocycles. The summed E-state index contributed by atoms with van der Waals surface area (Å²) in [4.78, 5) is 31.6. The van der Waals surface area contributed by atoms with E-state index in [-0.39, 0.29) is 0 Å². The van der Waals surface area contributed by atoms with Crippen LogP contribution >= 0.6 is 14.3 Å². The fraction of sp³-hybridized carbons (Fsp3) is 0.238. The molecule has 5 aromatic rings. The van der Waals surface area contributed by atoms with Gasteiger partial charge in [0.1, 0.15) is 11.3 Å². The largest absolute Gasteiger partial charge is 0.313 e. The van der Waals surface area contributed by atoms with E-state index in [0.717, 1.165) is 49.4 Å². The molecular weight excluding hydrogens is 644 g/mol. The molecule has 2 atom stereocenters. The van der Waals surface area contributed by atoms with Gasteiger partial charge < -0.3 is 9.13 Å². The predicted molar refractivity (Wildman–Crippen MR) is 204 cm³/mol. The van der Waals surface area contributed by atoms with Gasteiger partial charge in [0.05, 0.1) is 5.69 Å². The van der Waals surface area contributed by atoms with E-state index in [1.807, 2.05) is 134 Å². The van der Waals surface area contributed by atoms with Crippen LogP contribution in [-0.2, 0) is 18.7 Å². The maximum atomic E-state index is 16.6. The van der Waals surface area contributed by atoms with Crippen molar-refractivity contribution in [3.05, 3.63) is 148 Å². The number of nitrogens with zero attached hydrogens (tertiary/aromatic N) is 1. The highest BCUT2D eigenvalue weighted by Gasteiger charge is 2.64. The summed E-state index contributed by atoms with van der Waals surface area (Å²) in [7, 11) is -8.11. The van der Waals surface area contributed by atoms with Crippen LogP contribution in [-0.4, -0.2) is 23.1 Å². The summed E-state index contributed by atoms with van der Waals surface area (Å²) in [6.07, 6.45) is 0. The van der Waals surface area contributed by atoms with E-state index in [9.17, 15) is 0 Å². The molecule has 0 N–H and O–H groups in total. The third kappa shape index (κ3) is 6.09. The average molecular weight is 688 g/mol. The number of aryl methyl sites for hydroxylation is 8. The van der Waals surface area contributed by atoms with Gasteiger partial charge in [-0.1, -0.05) is 87.0 Å². The standard InChI is InChI=1S/C42H43NO4P2/c1-26-14-27(2)19-35(18-26)48(46,36-20-28(3)15-29(4)21-36)39-40(42(45)43(41(39)44)34-12-10-9-11-13-34)49(47,37-22-30(5)16-31(6)23-37)38-24-32(7)17-33(8)25-38/h9-25,39-40H,1-8H3. The average Bonchev–Trinajstić information content (AvgIpc) is 3.28. The van der Waals surface area contributed by atoms with Crippen LogP contribution in [0.25, 0.3) is 0 Å². The lowest BCUT2D eigenvalue weighted by Gasteiger charge is -2.33. The molecule has 1 fully saturated rings. The van der Waals surface area contributed by atoms with Crippen LogP contribution in [0.3, 0.4) is 0 Å².